The van der Waals surface area contributed by atoms with E-state index in [4.69, 9.17) is 9.57 Å². The molecule has 0 aromatic heterocycles. The summed E-state index contributed by atoms with van der Waals surface area (Å²) in [6, 6.07) is 20.4. The molecule has 0 bridgehead atoms. The van der Waals surface area contributed by atoms with Gasteiger partial charge in [-0.2, -0.15) is 0 Å². The highest BCUT2D eigenvalue weighted by Crippen LogP contribution is 2.42. The van der Waals surface area contributed by atoms with Gasteiger partial charge in [0, 0.05) is 5.57 Å². The van der Waals surface area contributed by atoms with Crippen LogP contribution in [0.1, 0.15) is 56.7 Å². The number of benzene rings is 2. The van der Waals surface area contributed by atoms with Gasteiger partial charge in [0.1, 0.15) is 0 Å². The standard InChI is InChI=1S/C24H29NO3/c1-3-5-8-17-21-22(20-15-11-7-12-16-20)25(18-19-13-9-6-10-14-19)28-23(21)24(26)27-4-2/h6-7,9-16,22H,3-5,8,17-18H2,1-2H3. The molecule has 4 nitrogen and oxygen atoms in total. The smallest absolute Gasteiger partial charge is 0.376 e. The molecule has 3 rings (SSSR count). The zero-order valence-electron chi connectivity index (χ0n) is 16.8. The van der Waals surface area contributed by atoms with Gasteiger partial charge in [-0.25, -0.2) is 4.79 Å². The number of ether oxygens (including phenoxy) is 1. The molecule has 0 N–H and O–H groups in total. The van der Waals surface area contributed by atoms with Gasteiger partial charge in [0.25, 0.3) is 0 Å². The van der Waals surface area contributed by atoms with Gasteiger partial charge in [0.05, 0.1) is 19.2 Å². The summed E-state index contributed by atoms with van der Waals surface area (Å²) >= 11 is 0. The Morgan fingerprint density at radius 3 is 2.32 bits per heavy atom. The highest BCUT2D eigenvalue weighted by atomic mass is 16.7. The van der Waals surface area contributed by atoms with Crippen molar-refractivity contribution >= 4 is 5.97 Å². The lowest BCUT2D eigenvalue weighted by Crippen LogP contribution is -2.24. The first-order valence-electron chi connectivity index (χ1n) is 10.2. The Morgan fingerprint density at radius 2 is 1.68 bits per heavy atom. The molecule has 2 aromatic rings. The molecule has 0 saturated carbocycles. The van der Waals surface area contributed by atoms with E-state index < -0.39 is 0 Å². The topological polar surface area (TPSA) is 38.8 Å². The zero-order chi connectivity index (χ0) is 19.8. The average Bonchev–Trinajstić information content (AvgIpc) is 3.08. The van der Waals surface area contributed by atoms with Crippen molar-refractivity contribution in [1.82, 2.24) is 5.06 Å². The first kappa shape index (κ1) is 20.2. The highest BCUT2D eigenvalue weighted by Gasteiger charge is 2.39. The number of hydroxylamine groups is 2. The van der Waals surface area contributed by atoms with E-state index in [-0.39, 0.29) is 12.0 Å². The Bertz CT molecular complexity index is 786. The first-order chi connectivity index (χ1) is 13.7. The van der Waals surface area contributed by atoms with Crippen molar-refractivity contribution in [3.63, 3.8) is 0 Å². The number of unbranched alkanes of at least 4 members (excludes halogenated alkanes) is 2. The lowest BCUT2D eigenvalue weighted by Gasteiger charge is -2.25. The van der Waals surface area contributed by atoms with Crippen LogP contribution in [0.5, 0.6) is 0 Å². The summed E-state index contributed by atoms with van der Waals surface area (Å²) in [4.78, 5) is 18.8. The van der Waals surface area contributed by atoms with E-state index in [1.807, 2.05) is 48.4 Å². The number of rotatable bonds is 9. The molecule has 0 amide bonds. The van der Waals surface area contributed by atoms with Crippen LogP contribution in [0.2, 0.25) is 0 Å². The lowest BCUT2D eigenvalue weighted by atomic mass is 9.93. The predicted molar refractivity (Wildman–Crippen MR) is 110 cm³/mol. The minimum Gasteiger partial charge on any atom is -0.460 e. The largest absolute Gasteiger partial charge is 0.460 e. The van der Waals surface area contributed by atoms with Crippen molar-refractivity contribution < 1.29 is 14.4 Å². The number of hydrogen-bond acceptors (Lipinski definition) is 4. The number of carbonyl (C=O) groups excluding carboxylic acids is 1. The molecule has 0 aliphatic carbocycles. The number of nitrogens with zero attached hydrogens (tertiary/aromatic N) is 1. The van der Waals surface area contributed by atoms with E-state index in [2.05, 4.69) is 31.2 Å². The lowest BCUT2D eigenvalue weighted by molar-refractivity contribution is -0.162. The third kappa shape index (κ3) is 4.82. The minimum atomic E-state index is -0.370. The second kappa shape index (κ2) is 10.1. The number of carbonyl (C=O) groups is 1. The van der Waals surface area contributed by atoms with E-state index in [0.29, 0.717) is 18.9 Å². The maximum absolute atomic E-state index is 12.6. The summed E-state index contributed by atoms with van der Waals surface area (Å²) in [5.74, 6) is -0.00627. The summed E-state index contributed by atoms with van der Waals surface area (Å²) < 4.78 is 5.30. The van der Waals surface area contributed by atoms with Crippen molar-refractivity contribution in [2.75, 3.05) is 6.61 Å². The van der Waals surface area contributed by atoms with Gasteiger partial charge in [-0.3, -0.25) is 0 Å². The highest BCUT2D eigenvalue weighted by molar-refractivity contribution is 5.87. The van der Waals surface area contributed by atoms with Gasteiger partial charge in [0.2, 0.25) is 5.76 Å². The third-order valence-corrected chi connectivity index (χ3v) is 4.93. The monoisotopic (exact) mass is 379 g/mol. The maximum atomic E-state index is 12.6. The van der Waals surface area contributed by atoms with Crippen LogP contribution in [-0.4, -0.2) is 17.6 Å². The van der Waals surface area contributed by atoms with E-state index in [1.165, 1.54) is 0 Å². The van der Waals surface area contributed by atoms with Crippen LogP contribution in [0.3, 0.4) is 0 Å². The second-order valence-electron chi connectivity index (χ2n) is 7.00. The molecule has 4 heteroatoms. The molecule has 1 unspecified atom stereocenters. The van der Waals surface area contributed by atoms with Crippen molar-refractivity contribution in [2.24, 2.45) is 0 Å². The molecule has 1 atom stereocenters. The van der Waals surface area contributed by atoms with Gasteiger partial charge in [0.15, 0.2) is 0 Å². The fourth-order valence-electron chi connectivity index (χ4n) is 3.60. The average molecular weight is 380 g/mol. The zero-order valence-corrected chi connectivity index (χ0v) is 16.8. The molecule has 2 aromatic carbocycles. The molecule has 148 valence electrons. The predicted octanol–water partition coefficient (Wildman–Crippen LogP) is 5.57. The Balaban J connectivity index is 1.95. The van der Waals surface area contributed by atoms with Crippen LogP contribution >= 0.6 is 0 Å². The summed E-state index contributed by atoms with van der Waals surface area (Å²) in [5, 5.41) is 1.91. The summed E-state index contributed by atoms with van der Waals surface area (Å²) in [7, 11) is 0. The fraction of sp³-hybridized carbons (Fsp3) is 0.375. The Hall–Kier alpha value is -2.59. The Morgan fingerprint density at radius 1 is 1.00 bits per heavy atom. The molecular weight excluding hydrogens is 350 g/mol. The maximum Gasteiger partial charge on any atom is 0.376 e. The van der Waals surface area contributed by atoms with Crippen molar-refractivity contribution in [3.05, 3.63) is 83.1 Å². The van der Waals surface area contributed by atoms with Gasteiger partial charge < -0.3 is 9.57 Å². The second-order valence-corrected chi connectivity index (χ2v) is 7.00. The van der Waals surface area contributed by atoms with Crippen LogP contribution in [0.4, 0.5) is 0 Å². The van der Waals surface area contributed by atoms with E-state index in [0.717, 1.165) is 42.4 Å². The van der Waals surface area contributed by atoms with Crippen molar-refractivity contribution in [1.29, 1.82) is 0 Å². The molecule has 1 aliphatic rings. The van der Waals surface area contributed by atoms with E-state index in [1.54, 1.807) is 0 Å². The van der Waals surface area contributed by atoms with Crippen LogP contribution in [-0.2, 0) is 20.9 Å². The van der Waals surface area contributed by atoms with Gasteiger partial charge >= 0.3 is 5.97 Å². The van der Waals surface area contributed by atoms with E-state index in [9.17, 15) is 4.79 Å². The molecule has 0 fully saturated rings. The Kier molecular flexibility index (Phi) is 7.26. The van der Waals surface area contributed by atoms with Crippen LogP contribution < -0.4 is 0 Å². The Labute approximate surface area is 167 Å². The molecule has 1 heterocycles. The number of esters is 1. The van der Waals surface area contributed by atoms with Crippen molar-refractivity contribution in [3.8, 4) is 0 Å². The normalized spacial score (nSPS) is 16.9. The van der Waals surface area contributed by atoms with Crippen LogP contribution in [0, 0.1) is 0 Å². The number of hydrogen-bond donors (Lipinski definition) is 0. The molecule has 1 aliphatic heterocycles. The molecule has 0 saturated heterocycles. The van der Waals surface area contributed by atoms with Crippen molar-refractivity contribution in [2.45, 2.75) is 52.1 Å². The van der Waals surface area contributed by atoms with E-state index >= 15 is 0 Å². The molecule has 28 heavy (non-hydrogen) atoms. The van der Waals surface area contributed by atoms with Gasteiger partial charge in [-0.05, 0) is 30.9 Å². The quantitative estimate of drug-likeness (QED) is 0.422. The summed E-state index contributed by atoms with van der Waals surface area (Å²) in [6.45, 7) is 4.94. The van der Waals surface area contributed by atoms with Gasteiger partial charge in [-0.15, -0.1) is 5.06 Å². The fourth-order valence-corrected chi connectivity index (χ4v) is 3.60. The summed E-state index contributed by atoms with van der Waals surface area (Å²) in [5.41, 5.74) is 3.29. The van der Waals surface area contributed by atoms with Crippen LogP contribution in [0.15, 0.2) is 72.0 Å². The molecule has 0 spiro atoms. The van der Waals surface area contributed by atoms with Crippen LogP contribution in [0.25, 0.3) is 0 Å². The molecular formula is C24H29NO3. The minimum absolute atomic E-state index is 0.0855. The third-order valence-electron chi connectivity index (χ3n) is 4.93. The van der Waals surface area contributed by atoms with Gasteiger partial charge in [-0.1, -0.05) is 80.4 Å². The summed E-state index contributed by atoms with van der Waals surface area (Å²) in [6.07, 6.45) is 4.11. The molecule has 0 radical (unpaired) electrons. The first-order valence-corrected chi connectivity index (χ1v) is 10.2. The SMILES string of the molecule is CCCCCC1=C(C(=O)OCC)ON(Cc2ccccc2)C1c1ccccc1.